The minimum Gasteiger partial charge on any atom is -0.481 e. The molecule has 6 heteroatoms. The van der Waals surface area contributed by atoms with Gasteiger partial charge < -0.3 is 14.8 Å². The fourth-order valence-electron chi connectivity index (χ4n) is 1.74. The van der Waals surface area contributed by atoms with Gasteiger partial charge >= 0.3 is 5.97 Å². The SMILES string of the molecule is COC(=O)c1ccc(CNc2ccc(OC)nc2)c(Br)c1. The highest BCUT2D eigenvalue weighted by atomic mass is 79.9. The summed E-state index contributed by atoms with van der Waals surface area (Å²) in [6.07, 6.45) is 1.70. The first-order chi connectivity index (χ1) is 10.1. The number of benzene rings is 1. The summed E-state index contributed by atoms with van der Waals surface area (Å²) in [5.41, 5.74) is 2.43. The number of hydrogen-bond acceptors (Lipinski definition) is 5. The first kappa shape index (κ1) is 15.3. The number of nitrogens with one attached hydrogen (secondary N) is 1. The van der Waals surface area contributed by atoms with E-state index in [2.05, 4.69) is 31.0 Å². The number of hydrogen-bond donors (Lipinski definition) is 1. The monoisotopic (exact) mass is 350 g/mol. The summed E-state index contributed by atoms with van der Waals surface area (Å²) < 4.78 is 10.5. The van der Waals surface area contributed by atoms with Crippen molar-refractivity contribution in [2.75, 3.05) is 19.5 Å². The van der Waals surface area contributed by atoms with Gasteiger partial charge in [-0.15, -0.1) is 0 Å². The Morgan fingerprint density at radius 3 is 2.67 bits per heavy atom. The van der Waals surface area contributed by atoms with E-state index in [0.29, 0.717) is 18.0 Å². The molecule has 1 aromatic heterocycles. The van der Waals surface area contributed by atoms with Crippen LogP contribution in [0, 0.1) is 0 Å². The quantitative estimate of drug-likeness (QED) is 0.838. The summed E-state index contributed by atoms with van der Waals surface area (Å²) in [4.78, 5) is 15.6. The molecule has 0 fully saturated rings. The molecule has 0 saturated carbocycles. The average Bonchev–Trinajstić information content (AvgIpc) is 2.53. The van der Waals surface area contributed by atoms with E-state index in [1.807, 2.05) is 12.1 Å². The molecule has 2 rings (SSSR count). The standard InChI is InChI=1S/C15H15BrN2O3/c1-20-14-6-5-12(9-18-14)17-8-11-4-3-10(7-13(11)16)15(19)21-2/h3-7,9,17H,8H2,1-2H3. The van der Waals surface area contributed by atoms with Crippen molar-refractivity contribution in [2.45, 2.75) is 6.54 Å². The Morgan fingerprint density at radius 2 is 2.10 bits per heavy atom. The lowest BCUT2D eigenvalue weighted by Gasteiger charge is -2.09. The van der Waals surface area contributed by atoms with Crippen molar-refractivity contribution in [1.29, 1.82) is 0 Å². The maximum absolute atomic E-state index is 11.4. The maximum atomic E-state index is 11.4. The molecule has 1 N–H and O–H groups in total. The number of anilines is 1. The van der Waals surface area contributed by atoms with Crippen LogP contribution in [-0.2, 0) is 11.3 Å². The predicted molar refractivity (Wildman–Crippen MR) is 83.6 cm³/mol. The number of methoxy groups -OCH3 is 2. The lowest BCUT2D eigenvalue weighted by molar-refractivity contribution is 0.0600. The van der Waals surface area contributed by atoms with Gasteiger partial charge in [-0.2, -0.15) is 0 Å². The summed E-state index contributed by atoms with van der Waals surface area (Å²) in [6, 6.07) is 9.04. The fourth-order valence-corrected chi connectivity index (χ4v) is 2.26. The molecule has 0 amide bonds. The Kier molecular flexibility index (Phi) is 5.16. The zero-order chi connectivity index (χ0) is 15.2. The van der Waals surface area contributed by atoms with E-state index in [0.717, 1.165) is 15.7 Å². The van der Waals surface area contributed by atoms with Crippen LogP contribution in [0.1, 0.15) is 15.9 Å². The van der Waals surface area contributed by atoms with E-state index in [9.17, 15) is 4.79 Å². The molecule has 1 heterocycles. The van der Waals surface area contributed by atoms with E-state index >= 15 is 0 Å². The molecule has 0 saturated heterocycles. The van der Waals surface area contributed by atoms with Crippen LogP contribution in [0.4, 0.5) is 5.69 Å². The molecule has 0 aliphatic rings. The second-order valence-corrected chi connectivity index (χ2v) is 5.09. The molecule has 0 bridgehead atoms. The molecule has 1 aromatic carbocycles. The zero-order valence-electron chi connectivity index (χ0n) is 11.7. The highest BCUT2D eigenvalue weighted by Crippen LogP contribution is 2.21. The van der Waals surface area contributed by atoms with Gasteiger partial charge in [-0.1, -0.05) is 22.0 Å². The molecule has 21 heavy (non-hydrogen) atoms. The van der Waals surface area contributed by atoms with Gasteiger partial charge in [0.1, 0.15) is 0 Å². The number of carbonyl (C=O) groups is 1. The van der Waals surface area contributed by atoms with Crippen LogP contribution in [0.5, 0.6) is 5.88 Å². The number of esters is 1. The normalized spacial score (nSPS) is 10.0. The molecule has 2 aromatic rings. The lowest BCUT2D eigenvalue weighted by Crippen LogP contribution is -2.04. The molecular formula is C15H15BrN2O3. The van der Waals surface area contributed by atoms with Gasteiger partial charge in [0, 0.05) is 17.1 Å². The Morgan fingerprint density at radius 1 is 1.29 bits per heavy atom. The summed E-state index contributed by atoms with van der Waals surface area (Å²) in [5, 5.41) is 3.25. The van der Waals surface area contributed by atoms with E-state index < -0.39 is 0 Å². The molecule has 0 aliphatic carbocycles. The first-order valence-electron chi connectivity index (χ1n) is 6.24. The van der Waals surface area contributed by atoms with Gasteiger partial charge in [0.05, 0.1) is 31.7 Å². The van der Waals surface area contributed by atoms with Gasteiger partial charge in [0.15, 0.2) is 0 Å². The van der Waals surface area contributed by atoms with Crippen LogP contribution < -0.4 is 10.1 Å². The number of aromatic nitrogens is 1. The van der Waals surface area contributed by atoms with Crippen LogP contribution in [0.25, 0.3) is 0 Å². The Labute approximate surface area is 131 Å². The first-order valence-corrected chi connectivity index (χ1v) is 7.04. The molecule has 0 aliphatic heterocycles. The second-order valence-electron chi connectivity index (χ2n) is 4.24. The molecule has 0 spiro atoms. The molecule has 0 atom stereocenters. The number of nitrogens with zero attached hydrogens (tertiary/aromatic N) is 1. The van der Waals surface area contributed by atoms with Crippen LogP contribution in [0.2, 0.25) is 0 Å². The van der Waals surface area contributed by atoms with Crippen molar-refractivity contribution in [3.63, 3.8) is 0 Å². The predicted octanol–water partition coefficient (Wildman–Crippen LogP) is 3.25. The second kappa shape index (κ2) is 7.08. The number of pyridine rings is 1. The van der Waals surface area contributed by atoms with Crippen molar-refractivity contribution in [3.8, 4) is 5.88 Å². The summed E-state index contributed by atoms with van der Waals surface area (Å²) >= 11 is 3.46. The molecule has 110 valence electrons. The fraction of sp³-hybridized carbons (Fsp3) is 0.200. The minimum absolute atomic E-state index is 0.352. The highest BCUT2D eigenvalue weighted by molar-refractivity contribution is 9.10. The van der Waals surface area contributed by atoms with Crippen LogP contribution in [-0.4, -0.2) is 25.2 Å². The maximum Gasteiger partial charge on any atom is 0.337 e. The van der Waals surface area contributed by atoms with Gasteiger partial charge in [-0.05, 0) is 23.8 Å². The van der Waals surface area contributed by atoms with Crippen molar-refractivity contribution < 1.29 is 14.3 Å². The third-order valence-corrected chi connectivity index (χ3v) is 3.64. The summed E-state index contributed by atoms with van der Waals surface area (Å²) in [5.74, 6) is 0.221. The third-order valence-electron chi connectivity index (χ3n) is 2.90. The summed E-state index contributed by atoms with van der Waals surface area (Å²) in [7, 11) is 2.94. The number of rotatable bonds is 5. The number of ether oxygens (including phenoxy) is 2. The van der Waals surface area contributed by atoms with Gasteiger partial charge in [0.25, 0.3) is 0 Å². The minimum atomic E-state index is -0.352. The average molecular weight is 351 g/mol. The molecule has 0 radical (unpaired) electrons. The smallest absolute Gasteiger partial charge is 0.337 e. The van der Waals surface area contributed by atoms with Crippen LogP contribution in [0.3, 0.4) is 0 Å². The van der Waals surface area contributed by atoms with Crippen molar-refractivity contribution in [2.24, 2.45) is 0 Å². The van der Waals surface area contributed by atoms with Crippen molar-refractivity contribution >= 4 is 27.6 Å². The molecule has 0 unspecified atom stereocenters. The van der Waals surface area contributed by atoms with Crippen LogP contribution in [0.15, 0.2) is 41.0 Å². The lowest BCUT2D eigenvalue weighted by atomic mass is 10.1. The van der Waals surface area contributed by atoms with Gasteiger partial charge in [0.2, 0.25) is 5.88 Å². The molecular weight excluding hydrogens is 336 g/mol. The topological polar surface area (TPSA) is 60.5 Å². The Bertz CT molecular complexity index is 629. The van der Waals surface area contributed by atoms with E-state index in [4.69, 9.17) is 4.74 Å². The van der Waals surface area contributed by atoms with E-state index in [-0.39, 0.29) is 5.97 Å². The highest BCUT2D eigenvalue weighted by Gasteiger charge is 2.08. The Hall–Kier alpha value is -2.08. The van der Waals surface area contributed by atoms with Gasteiger partial charge in [-0.3, -0.25) is 0 Å². The van der Waals surface area contributed by atoms with Crippen LogP contribution >= 0.6 is 15.9 Å². The number of carbonyl (C=O) groups excluding carboxylic acids is 1. The third kappa shape index (κ3) is 3.95. The van der Waals surface area contributed by atoms with Crippen molar-refractivity contribution in [1.82, 2.24) is 4.98 Å². The van der Waals surface area contributed by atoms with Crippen molar-refractivity contribution in [3.05, 3.63) is 52.1 Å². The molecule has 5 nitrogen and oxygen atoms in total. The van der Waals surface area contributed by atoms with E-state index in [1.165, 1.54) is 7.11 Å². The zero-order valence-corrected chi connectivity index (χ0v) is 13.3. The van der Waals surface area contributed by atoms with E-state index in [1.54, 1.807) is 31.5 Å². The van der Waals surface area contributed by atoms with Gasteiger partial charge in [-0.25, -0.2) is 9.78 Å². The number of halogens is 1. The Balaban J connectivity index is 2.04. The largest absolute Gasteiger partial charge is 0.481 e. The summed E-state index contributed by atoms with van der Waals surface area (Å²) in [6.45, 7) is 0.607.